The Balaban J connectivity index is 0.00000261. The predicted molar refractivity (Wildman–Crippen MR) is 87.3 cm³/mol. The molecule has 0 bridgehead atoms. The molecule has 3 heterocycles. The zero-order chi connectivity index (χ0) is 18.9. The Morgan fingerprint density at radius 1 is 1.15 bits per heavy atom. The van der Waals surface area contributed by atoms with E-state index < -0.39 is 23.3 Å². The number of carboxylic acids is 1. The van der Waals surface area contributed by atoms with E-state index in [-0.39, 0.29) is 38.0 Å². The molecule has 3 aromatic heterocycles. The Morgan fingerprint density at radius 3 is 2.56 bits per heavy atom. The van der Waals surface area contributed by atoms with Gasteiger partial charge >= 0.3 is 5.97 Å². The van der Waals surface area contributed by atoms with Crippen LogP contribution in [-0.2, 0) is 26.5 Å². The Bertz CT molecular complexity index is 999. The normalized spacial score (nSPS) is 11.0. The minimum atomic E-state index is -1.15. The second kappa shape index (κ2) is 7.96. The first-order chi connectivity index (χ1) is 12.3. The molecule has 0 spiro atoms. The number of carbonyl (C=O) groups is 1. The SMILES string of the molecule is CC(C)(c1cccc(C(=O)O)n1)c1nccc(-c2[c-]cc(F)nc2F)n1.[Pt]. The van der Waals surface area contributed by atoms with Crippen molar-refractivity contribution in [3.05, 3.63) is 71.7 Å². The van der Waals surface area contributed by atoms with Crippen LogP contribution >= 0.6 is 0 Å². The first-order valence-electron chi connectivity index (χ1n) is 7.57. The zero-order valence-corrected chi connectivity index (χ0v) is 16.5. The van der Waals surface area contributed by atoms with Gasteiger partial charge < -0.3 is 5.11 Å². The number of halogens is 2. The largest absolute Gasteiger partial charge is 0.477 e. The molecule has 0 amide bonds. The van der Waals surface area contributed by atoms with Crippen molar-refractivity contribution in [1.82, 2.24) is 19.9 Å². The molecular formula is C18H13F2N4O2Pt-. The van der Waals surface area contributed by atoms with E-state index >= 15 is 0 Å². The Morgan fingerprint density at radius 2 is 1.89 bits per heavy atom. The van der Waals surface area contributed by atoms with Crippen molar-refractivity contribution in [2.45, 2.75) is 19.3 Å². The van der Waals surface area contributed by atoms with Gasteiger partial charge in [0.2, 0.25) is 0 Å². The summed E-state index contributed by atoms with van der Waals surface area (Å²) >= 11 is 0. The van der Waals surface area contributed by atoms with Gasteiger partial charge in [0.05, 0.1) is 11.1 Å². The summed E-state index contributed by atoms with van der Waals surface area (Å²) in [7, 11) is 0. The Hall–Kier alpha value is -2.60. The van der Waals surface area contributed by atoms with Crippen LogP contribution in [0.2, 0.25) is 0 Å². The standard InChI is InChI=1S/C18H13F2N4O2.Pt/c1-18(2,13-5-3-4-12(22-13)16(25)26)17-21-9-8-11(23-17)10-6-7-14(19)24-15(10)20;/h3-5,7-9H,1-2H3,(H,25,26);/q-1;. The third-order valence-corrected chi connectivity index (χ3v) is 3.83. The molecule has 3 aromatic rings. The molecule has 0 radical (unpaired) electrons. The molecular weight excluding hydrogens is 537 g/mol. The van der Waals surface area contributed by atoms with Crippen molar-refractivity contribution in [2.24, 2.45) is 0 Å². The van der Waals surface area contributed by atoms with Crippen LogP contribution in [0.1, 0.15) is 35.9 Å². The fourth-order valence-electron chi connectivity index (χ4n) is 2.37. The summed E-state index contributed by atoms with van der Waals surface area (Å²) in [6.45, 7) is 3.53. The number of hydrogen-bond donors (Lipinski definition) is 1. The second-order valence-corrected chi connectivity index (χ2v) is 5.99. The van der Waals surface area contributed by atoms with E-state index in [9.17, 15) is 13.6 Å². The summed E-state index contributed by atoms with van der Waals surface area (Å²) in [5.41, 5.74) is -0.420. The van der Waals surface area contributed by atoms with Gasteiger partial charge in [0, 0.05) is 27.3 Å². The van der Waals surface area contributed by atoms with Crippen LogP contribution in [0.25, 0.3) is 11.3 Å². The third kappa shape index (κ3) is 4.22. The summed E-state index contributed by atoms with van der Waals surface area (Å²) in [4.78, 5) is 26.9. The van der Waals surface area contributed by atoms with Crippen LogP contribution in [0.3, 0.4) is 0 Å². The van der Waals surface area contributed by atoms with Crippen LogP contribution in [0.5, 0.6) is 0 Å². The van der Waals surface area contributed by atoms with Crippen molar-refractivity contribution in [1.29, 1.82) is 0 Å². The second-order valence-electron chi connectivity index (χ2n) is 5.99. The maximum absolute atomic E-state index is 13.9. The molecule has 1 N–H and O–H groups in total. The van der Waals surface area contributed by atoms with Gasteiger partial charge in [0.15, 0.2) is 0 Å². The van der Waals surface area contributed by atoms with Crippen molar-refractivity contribution in [3.8, 4) is 11.3 Å². The minimum Gasteiger partial charge on any atom is -0.477 e. The molecule has 0 aliphatic rings. The molecule has 0 atom stereocenters. The van der Waals surface area contributed by atoms with Crippen molar-refractivity contribution < 1.29 is 39.7 Å². The van der Waals surface area contributed by atoms with Crippen LogP contribution in [0.4, 0.5) is 8.78 Å². The van der Waals surface area contributed by atoms with E-state index in [4.69, 9.17) is 5.11 Å². The van der Waals surface area contributed by atoms with Gasteiger partial charge in [-0.3, -0.25) is 9.97 Å². The number of pyridine rings is 2. The fourth-order valence-corrected chi connectivity index (χ4v) is 2.37. The maximum atomic E-state index is 13.9. The fraction of sp³-hybridized carbons (Fsp3) is 0.167. The van der Waals surface area contributed by atoms with Gasteiger partial charge in [0.25, 0.3) is 0 Å². The molecule has 0 saturated heterocycles. The molecule has 9 heteroatoms. The van der Waals surface area contributed by atoms with E-state index in [1.807, 2.05) is 0 Å². The third-order valence-electron chi connectivity index (χ3n) is 3.83. The van der Waals surface area contributed by atoms with E-state index in [2.05, 4.69) is 26.0 Å². The smallest absolute Gasteiger partial charge is 0.354 e. The van der Waals surface area contributed by atoms with Crippen LogP contribution in [0, 0.1) is 18.0 Å². The summed E-state index contributed by atoms with van der Waals surface area (Å²) in [5, 5.41) is 9.11. The monoisotopic (exact) mass is 550 g/mol. The molecule has 0 aliphatic carbocycles. The molecule has 0 unspecified atom stereocenters. The van der Waals surface area contributed by atoms with Gasteiger partial charge in [-0.1, -0.05) is 23.8 Å². The number of aromatic nitrogens is 4. The first kappa shape index (κ1) is 20.7. The molecule has 142 valence electrons. The van der Waals surface area contributed by atoms with Crippen molar-refractivity contribution in [3.63, 3.8) is 0 Å². The average Bonchev–Trinajstić information content (AvgIpc) is 2.62. The number of rotatable bonds is 4. The molecule has 6 nitrogen and oxygen atoms in total. The van der Waals surface area contributed by atoms with E-state index in [1.54, 1.807) is 26.0 Å². The summed E-state index contributed by atoms with van der Waals surface area (Å²) in [5.74, 6) is -2.86. The van der Waals surface area contributed by atoms with Gasteiger partial charge in [-0.25, -0.2) is 23.5 Å². The Labute approximate surface area is 168 Å². The van der Waals surface area contributed by atoms with Gasteiger partial charge in [-0.15, -0.1) is 6.07 Å². The maximum Gasteiger partial charge on any atom is 0.354 e. The number of aromatic carboxylic acids is 1. The summed E-state index contributed by atoms with van der Waals surface area (Å²) in [6, 6.07) is 9.46. The topological polar surface area (TPSA) is 88.9 Å². The number of hydrogen-bond acceptors (Lipinski definition) is 5. The van der Waals surface area contributed by atoms with Gasteiger partial charge in [0.1, 0.15) is 23.4 Å². The van der Waals surface area contributed by atoms with Crippen LogP contribution in [-0.4, -0.2) is 31.0 Å². The summed E-state index contributed by atoms with van der Waals surface area (Å²) in [6.07, 6.45) is 1.43. The molecule has 0 saturated carbocycles. The summed E-state index contributed by atoms with van der Waals surface area (Å²) < 4.78 is 26.9. The van der Waals surface area contributed by atoms with E-state index in [0.29, 0.717) is 11.5 Å². The minimum absolute atomic E-state index is 0. The quantitative estimate of drug-likeness (QED) is 0.397. The van der Waals surface area contributed by atoms with Gasteiger partial charge in [-0.05, 0) is 31.7 Å². The number of nitrogens with zero attached hydrogens (tertiary/aromatic N) is 4. The van der Waals surface area contributed by atoms with Gasteiger partial charge in [-0.2, -0.15) is 0 Å². The first-order valence-corrected chi connectivity index (χ1v) is 7.57. The van der Waals surface area contributed by atoms with Crippen molar-refractivity contribution in [2.75, 3.05) is 0 Å². The van der Waals surface area contributed by atoms with E-state index in [1.165, 1.54) is 18.3 Å². The molecule has 0 aromatic carbocycles. The molecule has 27 heavy (non-hydrogen) atoms. The number of carboxylic acid groups (broad SMARTS) is 1. The molecule has 3 rings (SSSR count). The Kier molecular flexibility index (Phi) is 6.11. The molecule has 0 fully saturated rings. The van der Waals surface area contributed by atoms with Crippen molar-refractivity contribution >= 4 is 5.97 Å². The average molecular weight is 550 g/mol. The predicted octanol–water partition coefficient (Wildman–Crippen LogP) is 3.03. The van der Waals surface area contributed by atoms with E-state index in [0.717, 1.165) is 6.07 Å². The molecule has 0 aliphatic heterocycles. The van der Waals surface area contributed by atoms with Crippen LogP contribution < -0.4 is 0 Å². The zero-order valence-electron chi connectivity index (χ0n) is 14.2. The van der Waals surface area contributed by atoms with Crippen LogP contribution in [0.15, 0.2) is 36.5 Å².